The summed E-state index contributed by atoms with van der Waals surface area (Å²) in [5.41, 5.74) is 1.08. The molecule has 0 radical (unpaired) electrons. The molecule has 4 rings (SSSR count). The van der Waals surface area contributed by atoms with Gasteiger partial charge in [-0.3, -0.25) is 9.69 Å². The van der Waals surface area contributed by atoms with Crippen molar-refractivity contribution in [1.29, 1.82) is 0 Å². The van der Waals surface area contributed by atoms with Gasteiger partial charge in [-0.1, -0.05) is 49.3 Å². The first-order valence-electron chi connectivity index (χ1n) is 8.84. The normalized spacial score (nSPS) is 20.1. The van der Waals surface area contributed by atoms with Crippen molar-refractivity contribution < 1.29 is 18.0 Å². The molecule has 1 aliphatic heterocycles. The predicted octanol–water partition coefficient (Wildman–Crippen LogP) is 5.76. The summed E-state index contributed by atoms with van der Waals surface area (Å²) in [5.74, 6) is -1.52. The summed E-state index contributed by atoms with van der Waals surface area (Å²) in [5, 5.41) is 0. The minimum absolute atomic E-state index is 0.107. The second-order valence-corrected chi connectivity index (χ2v) is 8.35. The summed E-state index contributed by atoms with van der Waals surface area (Å²) in [7, 11) is 0. The molecule has 3 nitrogen and oxygen atoms in total. The van der Waals surface area contributed by atoms with Gasteiger partial charge in [0.05, 0.1) is 11.2 Å². The van der Waals surface area contributed by atoms with Crippen molar-refractivity contribution in [2.24, 2.45) is 0 Å². The van der Waals surface area contributed by atoms with Crippen LogP contribution in [0.1, 0.15) is 37.9 Å². The number of carbonyl (C=O) groups excluding carboxylic acids is 1. The highest BCUT2D eigenvalue weighted by molar-refractivity contribution is 8.26. The number of furan rings is 1. The average Bonchev–Trinajstić information content (AvgIpc) is 3.23. The molecule has 0 atom stereocenters. The Balaban J connectivity index is 1.63. The number of benzene rings is 1. The number of thiocarbonyl (C=S) groups is 1. The molecule has 0 bridgehead atoms. The van der Waals surface area contributed by atoms with E-state index in [1.165, 1.54) is 30.5 Å². The van der Waals surface area contributed by atoms with E-state index in [0.29, 0.717) is 26.1 Å². The van der Waals surface area contributed by atoms with Crippen molar-refractivity contribution >= 4 is 40.3 Å². The van der Waals surface area contributed by atoms with Crippen molar-refractivity contribution in [3.63, 3.8) is 0 Å². The minimum Gasteiger partial charge on any atom is -0.464 e. The number of rotatable bonds is 3. The average molecular weight is 405 g/mol. The largest absolute Gasteiger partial charge is 0.464 e. The zero-order valence-electron chi connectivity index (χ0n) is 14.4. The molecule has 1 aromatic heterocycles. The van der Waals surface area contributed by atoms with E-state index in [1.807, 2.05) is 0 Å². The van der Waals surface area contributed by atoms with Crippen LogP contribution in [0, 0.1) is 11.6 Å². The van der Waals surface area contributed by atoms with Gasteiger partial charge in [-0.15, -0.1) is 0 Å². The number of nitrogens with zero attached hydrogens (tertiary/aromatic N) is 1. The molecule has 2 heterocycles. The molecule has 0 unspecified atom stereocenters. The van der Waals surface area contributed by atoms with Gasteiger partial charge in [0.15, 0.2) is 11.6 Å². The number of hydrogen-bond acceptors (Lipinski definition) is 4. The summed E-state index contributed by atoms with van der Waals surface area (Å²) >= 11 is 6.69. The van der Waals surface area contributed by atoms with Crippen LogP contribution in [-0.2, 0) is 4.79 Å². The van der Waals surface area contributed by atoms with Crippen molar-refractivity contribution in [2.45, 2.75) is 38.1 Å². The summed E-state index contributed by atoms with van der Waals surface area (Å²) < 4.78 is 32.8. The first kappa shape index (κ1) is 18.4. The number of hydrogen-bond donors (Lipinski definition) is 0. The zero-order valence-corrected chi connectivity index (χ0v) is 16.0. The highest BCUT2D eigenvalue weighted by atomic mass is 32.2. The van der Waals surface area contributed by atoms with Gasteiger partial charge in [-0.05, 0) is 36.6 Å². The maximum atomic E-state index is 13.6. The molecule has 1 saturated carbocycles. The standard InChI is InChI=1S/C20H17F2NO2S2/c21-15-7-6-12(10-16(15)22)14-8-9-25-17(14)11-18-19(24)23(20(26)27-18)13-4-2-1-3-5-13/h6-11,13H,1-5H2. The van der Waals surface area contributed by atoms with Gasteiger partial charge in [-0.2, -0.15) is 0 Å². The van der Waals surface area contributed by atoms with Crippen LogP contribution < -0.4 is 0 Å². The van der Waals surface area contributed by atoms with E-state index in [2.05, 4.69) is 0 Å². The summed E-state index contributed by atoms with van der Waals surface area (Å²) in [4.78, 5) is 15.1. The van der Waals surface area contributed by atoms with Crippen LogP contribution in [0.3, 0.4) is 0 Å². The first-order valence-corrected chi connectivity index (χ1v) is 10.1. The van der Waals surface area contributed by atoms with Crippen LogP contribution in [0.4, 0.5) is 8.78 Å². The van der Waals surface area contributed by atoms with E-state index in [0.717, 1.165) is 37.8 Å². The fourth-order valence-electron chi connectivity index (χ4n) is 3.59. The number of halogens is 2. The van der Waals surface area contributed by atoms with E-state index in [1.54, 1.807) is 17.0 Å². The third-order valence-corrected chi connectivity index (χ3v) is 6.28. The third kappa shape index (κ3) is 3.58. The fourth-order valence-corrected chi connectivity index (χ4v) is 4.96. The Hall–Kier alpha value is -1.99. The Kier molecular flexibility index (Phi) is 5.14. The van der Waals surface area contributed by atoms with E-state index in [4.69, 9.17) is 16.6 Å². The molecular weight excluding hydrogens is 388 g/mol. The Morgan fingerprint density at radius 3 is 2.67 bits per heavy atom. The summed E-state index contributed by atoms with van der Waals surface area (Å²) in [6.45, 7) is 0. The molecule has 1 aliphatic carbocycles. The van der Waals surface area contributed by atoms with E-state index in [-0.39, 0.29) is 11.9 Å². The molecule has 1 aromatic carbocycles. The van der Waals surface area contributed by atoms with Gasteiger partial charge in [0.25, 0.3) is 5.91 Å². The molecule has 1 saturated heterocycles. The van der Waals surface area contributed by atoms with Gasteiger partial charge in [0.1, 0.15) is 10.1 Å². The van der Waals surface area contributed by atoms with Crippen LogP contribution in [0.2, 0.25) is 0 Å². The maximum absolute atomic E-state index is 13.6. The van der Waals surface area contributed by atoms with Gasteiger partial charge in [0.2, 0.25) is 0 Å². The molecular formula is C20H17F2NO2S2. The second kappa shape index (κ2) is 7.56. The van der Waals surface area contributed by atoms with Crippen LogP contribution in [0.15, 0.2) is 39.9 Å². The number of amides is 1. The second-order valence-electron chi connectivity index (χ2n) is 6.67. The molecule has 0 N–H and O–H groups in total. The molecule has 0 spiro atoms. The topological polar surface area (TPSA) is 33.5 Å². The Labute approximate surface area is 165 Å². The monoisotopic (exact) mass is 405 g/mol. The van der Waals surface area contributed by atoms with Gasteiger partial charge in [0, 0.05) is 17.7 Å². The molecule has 2 fully saturated rings. The summed E-state index contributed by atoms with van der Waals surface area (Å²) in [6, 6.07) is 5.50. The number of carbonyl (C=O) groups is 1. The SMILES string of the molecule is O=C1C(=Cc2occc2-c2ccc(F)c(F)c2)SC(=S)N1C1CCCCC1. The van der Waals surface area contributed by atoms with Crippen molar-refractivity contribution in [1.82, 2.24) is 4.90 Å². The maximum Gasteiger partial charge on any atom is 0.266 e. The van der Waals surface area contributed by atoms with E-state index >= 15 is 0 Å². The zero-order chi connectivity index (χ0) is 19.0. The van der Waals surface area contributed by atoms with Crippen LogP contribution >= 0.6 is 24.0 Å². The van der Waals surface area contributed by atoms with E-state index in [9.17, 15) is 13.6 Å². The van der Waals surface area contributed by atoms with Gasteiger partial charge in [-0.25, -0.2) is 8.78 Å². The molecule has 2 aromatic rings. The third-order valence-electron chi connectivity index (χ3n) is 4.95. The Bertz CT molecular complexity index is 932. The lowest BCUT2D eigenvalue weighted by molar-refractivity contribution is -0.124. The lowest BCUT2D eigenvalue weighted by atomic mass is 9.94. The van der Waals surface area contributed by atoms with Crippen LogP contribution in [-0.4, -0.2) is 21.2 Å². The van der Waals surface area contributed by atoms with Crippen molar-refractivity contribution in [2.75, 3.05) is 0 Å². The molecule has 1 amide bonds. The van der Waals surface area contributed by atoms with E-state index < -0.39 is 11.6 Å². The van der Waals surface area contributed by atoms with Crippen LogP contribution in [0.25, 0.3) is 17.2 Å². The molecule has 140 valence electrons. The minimum atomic E-state index is -0.928. The molecule has 27 heavy (non-hydrogen) atoms. The molecule has 7 heteroatoms. The van der Waals surface area contributed by atoms with Gasteiger partial charge < -0.3 is 4.42 Å². The fraction of sp³-hybridized carbons (Fsp3) is 0.300. The Morgan fingerprint density at radius 1 is 1.15 bits per heavy atom. The first-order chi connectivity index (χ1) is 13.0. The van der Waals surface area contributed by atoms with Crippen molar-refractivity contribution in [3.8, 4) is 11.1 Å². The quantitative estimate of drug-likeness (QED) is 0.480. The Morgan fingerprint density at radius 2 is 1.93 bits per heavy atom. The number of thioether (sulfide) groups is 1. The lowest BCUT2D eigenvalue weighted by Gasteiger charge is -2.29. The highest BCUT2D eigenvalue weighted by Gasteiger charge is 2.37. The lowest BCUT2D eigenvalue weighted by Crippen LogP contribution is -2.39. The highest BCUT2D eigenvalue weighted by Crippen LogP contribution is 2.38. The predicted molar refractivity (Wildman–Crippen MR) is 106 cm³/mol. The molecule has 2 aliphatic rings. The summed E-state index contributed by atoms with van der Waals surface area (Å²) in [6.07, 6.45) is 8.47. The van der Waals surface area contributed by atoms with Crippen LogP contribution in [0.5, 0.6) is 0 Å². The van der Waals surface area contributed by atoms with Crippen molar-refractivity contribution in [3.05, 3.63) is 52.8 Å². The smallest absolute Gasteiger partial charge is 0.266 e. The van der Waals surface area contributed by atoms with Gasteiger partial charge >= 0.3 is 0 Å².